The second-order valence-electron chi connectivity index (χ2n) is 5.39. The molecule has 2 atom stereocenters. The minimum Gasteiger partial charge on any atom is -0.469 e. The van der Waals surface area contributed by atoms with Crippen LogP contribution in [0.15, 0.2) is 0 Å². The van der Waals surface area contributed by atoms with Crippen molar-refractivity contribution in [2.75, 3.05) is 13.7 Å². The molecule has 2 N–H and O–H groups in total. The average Bonchev–Trinajstić information content (AvgIpc) is 2.85. The maximum atomic E-state index is 11.9. The monoisotopic (exact) mass is 195 g/mol. The first-order valence-electron chi connectivity index (χ1n) is 5.46. The van der Waals surface area contributed by atoms with Gasteiger partial charge in [-0.2, -0.15) is 0 Å². The van der Waals surface area contributed by atoms with E-state index in [1.54, 1.807) is 0 Å². The van der Waals surface area contributed by atoms with Gasteiger partial charge in [0.1, 0.15) is 0 Å². The Labute approximate surface area is 84.0 Å². The third kappa shape index (κ3) is 0.659. The minimum absolute atomic E-state index is 0.00505. The molecule has 0 aromatic carbocycles. The van der Waals surface area contributed by atoms with Crippen LogP contribution in [0.1, 0.15) is 25.7 Å². The van der Waals surface area contributed by atoms with E-state index < -0.39 is 0 Å². The first-order chi connectivity index (χ1) is 6.67. The van der Waals surface area contributed by atoms with Crippen LogP contribution < -0.4 is 5.73 Å². The lowest BCUT2D eigenvalue weighted by Gasteiger charge is -2.37. The topological polar surface area (TPSA) is 52.3 Å². The summed E-state index contributed by atoms with van der Waals surface area (Å²) in [6.07, 6.45) is 4.43. The largest absolute Gasteiger partial charge is 0.469 e. The first kappa shape index (κ1) is 8.72. The van der Waals surface area contributed by atoms with E-state index in [4.69, 9.17) is 10.5 Å². The quantitative estimate of drug-likeness (QED) is 0.667. The standard InChI is InChI=1S/C11H17NO2/c1-14-9(13)11-4-7-2-10(11,6-12)3-8(7)5-11/h7-8H,2-6,12H2,1H3. The fourth-order valence-corrected chi connectivity index (χ4v) is 4.64. The van der Waals surface area contributed by atoms with Gasteiger partial charge in [-0.05, 0) is 49.5 Å². The van der Waals surface area contributed by atoms with Gasteiger partial charge < -0.3 is 10.5 Å². The number of carbonyl (C=O) groups is 1. The Morgan fingerprint density at radius 3 is 2.36 bits per heavy atom. The Kier molecular flexibility index (Phi) is 1.45. The maximum absolute atomic E-state index is 11.9. The molecule has 3 heteroatoms. The molecule has 3 nitrogen and oxygen atoms in total. The summed E-state index contributed by atoms with van der Waals surface area (Å²) < 4.78 is 4.98. The molecule has 4 rings (SSSR count). The van der Waals surface area contributed by atoms with Crippen molar-refractivity contribution in [3.05, 3.63) is 0 Å². The molecule has 0 amide bonds. The lowest BCUT2D eigenvalue weighted by atomic mass is 9.68. The predicted molar refractivity (Wildman–Crippen MR) is 51.4 cm³/mol. The van der Waals surface area contributed by atoms with Crippen molar-refractivity contribution in [2.24, 2.45) is 28.4 Å². The molecule has 4 saturated carbocycles. The molecule has 0 aromatic heterocycles. The summed E-state index contributed by atoms with van der Waals surface area (Å²) in [5.74, 6) is 1.53. The number of nitrogens with two attached hydrogens (primary N) is 1. The predicted octanol–water partition coefficient (Wildman–Crippen LogP) is 0.924. The van der Waals surface area contributed by atoms with Gasteiger partial charge in [-0.15, -0.1) is 0 Å². The Bertz CT molecular complexity index is 286. The summed E-state index contributed by atoms with van der Waals surface area (Å²) in [6.45, 7) is 0.662. The van der Waals surface area contributed by atoms with E-state index in [-0.39, 0.29) is 16.8 Å². The third-order valence-electron chi connectivity index (χ3n) is 5.18. The molecule has 4 fully saturated rings. The molecule has 0 spiro atoms. The van der Waals surface area contributed by atoms with E-state index in [0.717, 1.165) is 24.7 Å². The lowest BCUT2D eigenvalue weighted by molar-refractivity contribution is -0.157. The summed E-state index contributed by atoms with van der Waals surface area (Å²) >= 11 is 0. The Balaban J connectivity index is 2.05. The molecule has 78 valence electrons. The zero-order valence-electron chi connectivity index (χ0n) is 8.58. The molecule has 0 radical (unpaired) electrons. The minimum atomic E-state index is -0.189. The summed E-state index contributed by atoms with van der Waals surface area (Å²) in [4.78, 5) is 11.9. The Morgan fingerprint density at radius 2 is 1.93 bits per heavy atom. The molecular formula is C11H17NO2. The molecule has 2 unspecified atom stereocenters. The summed E-state index contributed by atoms with van der Waals surface area (Å²) in [7, 11) is 1.50. The molecule has 4 aliphatic carbocycles. The number of hydrogen-bond donors (Lipinski definition) is 1. The number of methoxy groups -OCH3 is 1. The van der Waals surface area contributed by atoms with Crippen LogP contribution in [0.4, 0.5) is 0 Å². The van der Waals surface area contributed by atoms with Gasteiger partial charge in [-0.1, -0.05) is 0 Å². The summed E-state index contributed by atoms with van der Waals surface area (Å²) in [5.41, 5.74) is 5.81. The highest BCUT2D eigenvalue weighted by Gasteiger charge is 2.74. The molecular weight excluding hydrogens is 178 g/mol. The van der Waals surface area contributed by atoms with Crippen LogP contribution in [0.2, 0.25) is 0 Å². The highest BCUT2D eigenvalue weighted by Crippen LogP contribution is 2.76. The molecule has 4 bridgehead atoms. The molecule has 14 heavy (non-hydrogen) atoms. The normalized spacial score (nSPS) is 53.0. The van der Waals surface area contributed by atoms with Gasteiger partial charge in [0.25, 0.3) is 0 Å². The van der Waals surface area contributed by atoms with Gasteiger partial charge in [0.05, 0.1) is 12.5 Å². The van der Waals surface area contributed by atoms with Crippen LogP contribution in [0.5, 0.6) is 0 Å². The zero-order valence-corrected chi connectivity index (χ0v) is 8.58. The number of carbonyl (C=O) groups excluding carboxylic acids is 1. The highest BCUT2D eigenvalue weighted by molar-refractivity contribution is 5.80. The second kappa shape index (κ2) is 2.32. The fraction of sp³-hybridized carbons (Fsp3) is 0.909. The van der Waals surface area contributed by atoms with Gasteiger partial charge in [0.15, 0.2) is 0 Å². The van der Waals surface area contributed by atoms with Crippen molar-refractivity contribution in [1.82, 2.24) is 0 Å². The lowest BCUT2D eigenvalue weighted by Crippen LogP contribution is -2.44. The summed E-state index contributed by atoms with van der Waals surface area (Å²) in [6, 6.07) is 0. The number of rotatable bonds is 2. The van der Waals surface area contributed by atoms with E-state index >= 15 is 0 Å². The Hall–Kier alpha value is -0.570. The van der Waals surface area contributed by atoms with Gasteiger partial charge in [-0.3, -0.25) is 4.79 Å². The first-order valence-corrected chi connectivity index (χ1v) is 5.46. The van der Waals surface area contributed by atoms with Crippen LogP contribution in [0.3, 0.4) is 0 Å². The second-order valence-corrected chi connectivity index (χ2v) is 5.39. The number of hydrogen-bond acceptors (Lipinski definition) is 3. The van der Waals surface area contributed by atoms with Crippen molar-refractivity contribution in [1.29, 1.82) is 0 Å². The van der Waals surface area contributed by atoms with E-state index in [2.05, 4.69) is 0 Å². The average molecular weight is 195 g/mol. The highest BCUT2D eigenvalue weighted by atomic mass is 16.5. The van der Waals surface area contributed by atoms with Crippen molar-refractivity contribution in [3.63, 3.8) is 0 Å². The SMILES string of the molecule is COC(=O)C12CC3CC1(CN)CC3C2. The molecule has 0 heterocycles. The molecule has 0 aromatic rings. The zero-order chi connectivity index (χ0) is 9.97. The van der Waals surface area contributed by atoms with Crippen molar-refractivity contribution in [2.45, 2.75) is 25.7 Å². The van der Waals surface area contributed by atoms with Crippen LogP contribution in [-0.4, -0.2) is 19.6 Å². The van der Waals surface area contributed by atoms with Gasteiger partial charge in [0.2, 0.25) is 0 Å². The fourth-order valence-electron chi connectivity index (χ4n) is 4.64. The van der Waals surface area contributed by atoms with Crippen LogP contribution in [0.25, 0.3) is 0 Å². The van der Waals surface area contributed by atoms with Crippen LogP contribution >= 0.6 is 0 Å². The summed E-state index contributed by atoms with van der Waals surface area (Å²) in [5, 5.41) is 0. The smallest absolute Gasteiger partial charge is 0.312 e. The van der Waals surface area contributed by atoms with E-state index in [9.17, 15) is 4.79 Å². The molecule has 0 saturated heterocycles. The third-order valence-corrected chi connectivity index (χ3v) is 5.18. The van der Waals surface area contributed by atoms with Gasteiger partial charge in [-0.25, -0.2) is 0 Å². The van der Waals surface area contributed by atoms with Crippen molar-refractivity contribution >= 4 is 5.97 Å². The van der Waals surface area contributed by atoms with Crippen molar-refractivity contribution < 1.29 is 9.53 Å². The van der Waals surface area contributed by atoms with Gasteiger partial charge >= 0.3 is 5.97 Å². The van der Waals surface area contributed by atoms with Crippen LogP contribution in [-0.2, 0) is 9.53 Å². The van der Waals surface area contributed by atoms with E-state index in [1.807, 2.05) is 0 Å². The molecule has 4 aliphatic rings. The van der Waals surface area contributed by atoms with E-state index in [0.29, 0.717) is 6.54 Å². The maximum Gasteiger partial charge on any atom is 0.312 e. The molecule has 0 aliphatic heterocycles. The van der Waals surface area contributed by atoms with E-state index in [1.165, 1.54) is 20.0 Å². The number of ether oxygens (including phenoxy) is 1. The Morgan fingerprint density at radius 1 is 1.36 bits per heavy atom. The number of esters is 1. The van der Waals surface area contributed by atoms with Crippen LogP contribution in [0, 0.1) is 22.7 Å². The van der Waals surface area contributed by atoms with Gasteiger partial charge in [0, 0.05) is 0 Å². The van der Waals surface area contributed by atoms with Crippen molar-refractivity contribution in [3.8, 4) is 0 Å².